The summed E-state index contributed by atoms with van der Waals surface area (Å²) >= 11 is 1.25. The number of carbonyl (C=O) groups is 2. The minimum Gasteiger partial charge on any atom is -0.480 e. The number of hydrogen-bond donors (Lipinski definition) is 1. The first-order valence-electron chi connectivity index (χ1n) is 6.34. The van der Waals surface area contributed by atoms with Crippen molar-refractivity contribution in [3.63, 3.8) is 0 Å². The lowest BCUT2D eigenvalue weighted by molar-refractivity contribution is -0.135. The highest BCUT2D eigenvalue weighted by Gasteiger charge is 2.27. The number of nitrogens with zero attached hydrogens (tertiary/aromatic N) is 2. The smallest absolute Gasteiger partial charge is 0.417 e. The van der Waals surface area contributed by atoms with Crippen LogP contribution in [0, 0.1) is 0 Å². The summed E-state index contributed by atoms with van der Waals surface area (Å²) in [5.74, 6) is -1.12. The van der Waals surface area contributed by atoms with Gasteiger partial charge in [0.15, 0.2) is 5.13 Å². The van der Waals surface area contributed by atoms with Crippen LogP contribution in [0.5, 0.6) is 0 Å². The Morgan fingerprint density at radius 2 is 2.00 bits per heavy atom. The lowest BCUT2D eigenvalue weighted by Crippen LogP contribution is -2.39. The Morgan fingerprint density at radius 1 is 1.33 bits per heavy atom. The molecule has 1 amide bonds. The minimum absolute atomic E-state index is 0.313. The molecule has 0 atom stereocenters. The lowest BCUT2D eigenvalue weighted by Gasteiger charge is -2.24. The van der Waals surface area contributed by atoms with Gasteiger partial charge in [-0.1, -0.05) is 23.5 Å². The van der Waals surface area contributed by atoms with Crippen LogP contribution in [-0.2, 0) is 9.53 Å². The Morgan fingerprint density at radius 3 is 2.57 bits per heavy atom. The molecule has 1 aromatic heterocycles. The molecule has 2 rings (SSSR count). The van der Waals surface area contributed by atoms with E-state index >= 15 is 0 Å². The molecule has 0 spiro atoms. The van der Waals surface area contributed by atoms with Gasteiger partial charge in [0.1, 0.15) is 12.1 Å². The lowest BCUT2D eigenvalue weighted by atomic mass is 10.2. The number of benzene rings is 1. The zero-order valence-corrected chi connectivity index (χ0v) is 12.8. The van der Waals surface area contributed by atoms with Crippen LogP contribution in [-0.4, -0.2) is 34.3 Å². The summed E-state index contributed by atoms with van der Waals surface area (Å²) in [7, 11) is 0. The average molecular weight is 308 g/mol. The van der Waals surface area contributed by atoms with E-state index in [1.54, 1.807) is 20.8 Å². The van der Waals surface area contributed by atoms with Gasteiger partial charge in [-0.15, -0.1) is 0 Å². The number of carbonyl (C=O) groups excluding carboxylic acids is 1. The molecule has 0 saturated heterocycles. The van der Waals surface area contributed by atoms with E-state index in [0.717, 1.165) is 15.1 Å². The third kappa shape index (κ3) is 3.91. The second kappa shape index (κ2) is 5.69. The first-order chi connectivity index (χ1) is 9.76. The van der Waals surface area contributed by atoms with E-state index in [0.29, 0.717) is 5.13 Å². The minimum atomic E-state index is -1.12. The van der Waals surface area contributed by atoms with Gasteiger partial charge in [-0.25, -0.2) is 14.7 Å². The maximum atomic E-state index is 12.2. The summed E-state index contributed by atoms with van der Waals surface area (Å²) in [6.45, 7) is 4.68. The quantitative estimate of drug-likeness (QED) is 0.942. The molecule has 0 fully saturated rings. The number of hydrogen-bond acceptors (Lipinski definition) is 5. The molecule has 0 aliphatic heterocycles. The van der Waals surface area contributed by atoms with Gasteiger partial charge in [0.2, 0.25) is 0 Å². The van der Waals surface area contributed by atoms with Crippen LogP contribution in [0.2, 0.25) is 0 Å². The maximum Gasteiger partial charge on any atom is 0.417 e. The fourth-order valence-corrected chi connectivity index (χ4v) is 2.59. The van der Waals surface area contributed by atoms with Crippen molar-refractivity contribution < 1.29 is 19.4 Å². The fourth-order valence-electron chi connectivity index (χ4n) is 1.64. The van der Waals surface area contributed by atoms with Crippen molar-refractivity contribution in [2.45, 2.75) is 26.4 Å². The molecule has 1 aromatic carbocycles. The molecule has 1 N–H and O–H groups in total. The number of carboxylic acid groups (broad SMARTS) is 1. The number of aromatic nitrogens is 1. The summed E-state index contributed by atoms with van der Waals surface area (Å²) in [4.78, 5) is 28.5. The van der Waals surface area contributed by atoms with Gasteiger partial charge >= 0.3 is 12.1 Å². The average Bonchev–Trinajstić information content (AvgIpc) is 2.76. The predicted octanol–water partition coefficient (Wildman–Crippen LogP) is 3.12. The van der Waals surface area contributed by atoms with E-state index in [1.165, 1.54) is 11.3 Å². The third-order valence-electron chi connectivity index (χ3n) is 2.42. The van der Waals surface area contributed by atoms with Gasteiger partial charge < -0.3 is 9.84 Å². The molecule has 21 heavy (non-hydrogen) atoms. The highest BCUT2D eigenvalue weighted by Crippen LogP contribution is 2.29. The van der Waals surface area contributed by atoms with E-state index in [2.05, 4.69) is 4.98 Å². The molecule has 2 aromatic rings. The van der Waals surface area contributed by atoms with Crippen molar-refractivity contribution in [3.8, 4) is 0 Å². The number of fused-ring (bicyclic) bond motifs is 1. The Balaban J connectivity index is 2.35. The molecule has 0 aliphatic rings. The van der Waals surface area contributed by atoms with Crippen molar-refractivity contribution in [3.05, 3.63) is 24.3 Å². The number of carboxylic acids is 1. The third-order valence-corrected chi connectivity index (χ3v) is 3.48. The summed E-state index contributed by atoms with van der Waals surface area (Å²) in [6, 6.07) is 7.37. The normalized spacial score (nSPS) is 11.4. The van der Waals surface area contributed by atoms with Crippen LogP contribution >= 0.6 is 11.3 Å². The Kier molecular flexibility index (Phi) is 4.13. The number of anilines is 1. The molecule has 0 radical (unpaired) electrons. The Hall–Kier alpha value is -2.15. The van der Waals surface area contributed by atoms with Crippen LogP contribution in [0.25, 0.3) is 10.2 Å². The van der Waals surface area contributed by atoms with E-state index in [4.69, 9.17) is 9.84 Å². The van der Waals surface area contributed by atoms with Gasteiger partial charge in [0, 0.05) is 0 Å². The first kappa shape index (κ1) is 15.2. The van der Waals surface area contributed by atoms with Crippen molar-refractivity contribution in [2.75, 3.05) is 11.4 Å². The summed E-state index contributed by atoms with van der Waals surface area (Å²) in [5, 5.41) is 9.31. The number of aliphatic carboxylic acids is 1. The molecule has 0 aliphatic carbocycles. The monoisotopic (exact) mass is 308 g/mol. The number of amides is 1. The van der Waals surface area contributed by atoms with Crippen molar-refractivity contribution in [2.24, 2.45) is 0 Å². The van der Waals surface area contributed by atoms with E-state index < -0.39 is 24.2 Å². The molecular weight excluding hydrogens is 292 g/mol. The van der Waals surface area contributed by atoms with Crippen molar-refractivity contribution in [1.29, 1.82) is 0 Å². The number of ether oxygens (including phenoxy) is 1. The standard InChI is InChI=1S/C14H16N2O4S/c1-14(2,3)20-13(19)16(8-11(17)18)12-15-9-6-4-5-7-10(9)21-12/h4-7H,8H2,1-3H3,(H,17,18). The largest absolute Gasteiger partial charge is 0.480 e. The molecule has 0 saturated carbocycles. The highest BCUT2D eigenvalue weighted by atomic mass is 32.1. The second-order valence-electron chi connectivity index (χ2n) is 5.42. The van der Waals surface area contributed by atoms with Crippen LogP contribution in [0.15, 0.2) is 24.3 Å². The van der Waals surface area contributed by atoms with Gasteiger partial charge in [-0.05, 0) is 32.9 Å². The van der Waals surface area contributed by atoms with Crippen LogP contribution in [0.1, 0.15) is 20.8 Å². The second-order valence-corrected chi connectivity index (χ2v) is 6.43. The summed E-state index contributed by atoms with van der Waals surface area (Å²) in [5.41, 5.74) is 0.0151. The van der Waals surface area contributed by atoms with Crippen molar-refractivity contribution >= 4 is 38.7 Å². The number of para-hydroxylation sites is 1. The first-order valence-corrected chi connectivity index (χ1v) is 7.16. The maximum absolute atomic E-state index is 12.2. The van der Waals surface area contributed by atoms with Gasteiger partial charge in [0.25, 0.3) is 0 Å². The fraction of sp³-hybridized carbons (Fsp3) is 0.357. The van der Waals surface area contributed by atoms with Crippen molar-refractivity contribution in [1.82, 2.24) is 4.98 Å². The van der Waals surface area contributed by atoms with Crippen LogP contribution in [0.3, 0.4) is 0 Å². The molecular formula is C14H16N2O4S. The zero-order chi connectivity index (χ0) is 15.6. The molecule has 112 valence electrons. The van der Waals surface area contributed by atoms with Crippen LogP contribution in [0.4, 0.5) is 9.93 Å². The van der Waals surface area contributed by atoms with Gasteiger partial charge in [-0.2, -0.15) is 0 Å². The molecule has 0 unspecified atom stereocenters. The number of rotatable bonds is 3. The van der Waals surface area contributed by atoms with E-state index in [9.17, 15) is 9.59 Å². The van der Waals surface area contributed by atoms with Gasteiger partial charge in [-0.3, -0.25) is 4.79 Å². The van der Waals surface area contributed by atoms with Crippen LogP contribution < -0.4 is 4.90 Å². The Bertz CT molecular complexity index is 642. The van der Waals surface area contributed by atoms with E-state index in [-0.39, 0.29) is 0 Å². The number of thiazole rings is 1. The molecule has 7 heteroatoms. The highest BCUT2D eigenvalue weighted by molar-refractivity contribution is 7.22. The molecule has 6 nitrogen and oxygen atoms in total. The SMILES string of the molecule is CC(C)(C)OC(=O)N(CC(=O)O)c1nc2ccccc2s1. The summed E-state index contributed by atoms with van der Waals surface area (Å²) < 4.78 is 6.12. The zero-order valence-electron chi connectivity index (χ0n) is 12.0. The summed E-state index contributed by atoms with van der Waals surface area (Å²) in [6.07, 6.45) is -0.719. The topological polar surface area (TPSA) is 79.7 Å². The predicted molar refractivity (Wildman–Crippen MR) is 80.8 cm³/mol. The van der Waals surface area contributed by atoms with E-state index in [1.807, 2.05) is 24.3 Å². The Labute approximate surface area is 126 Å². The molecule has 1 heterocycles. The molecule has 0 bridgehead atoms. The van der Waals surface area contributed by atoms with Gasteiger partial charge in [0.05, 0.1) is 10.2 Å².